The monoisotopic (exact) mass is 326 g/mol. The first-order valence-corrected chi connectivity index (χ1v) is 8.93. The minimum atomic E-state index is 0.103. The molecule has 0 aliphatic carbocycles. The molecule has 0 radical (unpaired) electrons. The van der Waals surface area contributed by atoms with Crippen LogP contribution in [-0.2, 0) is 11.2 Å². The van der Waals surface area contributed by atoms with Crippen LogP contribution >= 0.6 is 23.4 Å². The van der Waals surface area contributed by atoms with Crippen LogP contribution in [0.3, 0.4) is 0 Å². The van der Waals surface area contributed by atoms with E-state index in [0.29, 0.717) is 11.0 Å². The molecule has 0 bridgehead atoms. The molecule has 116 valence electrons. The third-order valence-corrected chi connectivity index (χ3v) is 5.37. The first-order valence-electron chi connectivity index (χ1n) is 7.50. The van der Waals surface area contributed by atoms with Gasteiger partial charge in [-0.1, -0.05) is 29.8 Å². The highest BCUT2D eigenvalue weighted by Crippen LogP contribution is 2.20. The van der Waals surface area contributed by atoms with Crippen molar-refractivity contribution >= 4 is 29.3 Å². The highest BCUT2D eigenvalue weighted by atomic mass is 35.5. The van der Waals surface area contributed by atoms with Crippen LogP contribution < -0.4 is 10.6 Å². The Morgan fingerprint density at radius 3 is 2.86 bits per heavy atom. The number of piperidine rings is 1. The Hall–Kier alpha value is -0.710. The number of carbonyl (C=O) groups excluding carboxylic acids is 1. The summed E-state index contributed by atoms with van der Waals surface area (Å²) in [4.78, 5) is 12.0. The van der Waals surface area contributed by atoms with Crippen LogP contribution in [-0.4, -0.2) is 36.0 Å². The molecule has 3 nitrogen and oxygen atoms in total. The molecule has 1 fully saturated rings. The molecule has 0 saturated carbocycles. The molecule has 1 heterocycles. The van der Waals surface area contributed by atoms with Crippen molar-refractivity contribution in [3.8, 4) is 0 Å². The summed E-state index contributed by atoms with van der Waals surface area (Å²) in [6, 6.07) is 7.90. The fourth-order valence-corrected chi connectivity index (χ4v) is 3.77. The van der Waals surface area contributed by atoms with Crippen LogP contribution in [0.5, 0.6) is 0 Å². The fraction of sp³-hybridized carbons (Fsp3) is 0.562. The Bertz CT molecular complexity index is 463. The molecule has 1 aromatic rings. The van der Waals surface area contributed by atoms with Gasteiger partial charge in [-0.05, 0) is 50.9 Å². The molecular weight excluding hydrogens is 304 g/mol. The van der Waals surface area contributed by atoms with Gasteiger partial charge in [-0.3, -0.25) is 4.79 Å². The van der Waals surface area contributed by atoms with Crippen LogP contribution in [0.2, 0.25) is 5.02 Å². The highest BCUT2D eigenvalue weighted by molar-refractivity contribution is 8.00. The lowest BCUT2D eigenvalue weighted by atomic mass is 10.1. The van der Waals surface area contributed by atoms with E-state index in [9.17, 15) is 4.79 Å². The van der Waals surface area contributed by atoms with Crippen LogP contribution in [0.1, 0.15) is 25.3 Å². The summed E-state index contributed by atoms with van der Waals surface area (Å²) in [7, 11) is 0. The van der Waals surface area contributed by atoms with E-state index in [4.69, 9.17) is 11.6 Å². The molecule has 1 aliphatic rings. The van der Waals surface area contributed by atoms with Crippen molar-refractivity contribution in [3.63, 3.8) is 0 Å². The number of benzene rings is 1. The smallest absolute Gasteiger partial charge is 0.230 e. The number of thioether (sulfide) groups is 1. The van der Waals surface area contributed by atoms with Gasteiger partial charge in [0, 0.05) is 16.3 Å². The van der Waals surface area contributed by atoms with E-state index in [0.717, 1.165) is 42.9 Å². The van der Waals surface area contributed by atoms with Gasteiger partial charge in [0.1, 0.15) is 0 Å². The molecule has 21 heavy (non-hydrogen) atoms. The van der Waals surface area contributed by atoms with Crippen LogP contribution in [0.25, 0.3) is 0 Å². The molecule has 1 saturated heterocycles. The van der Waals surface area contributed by atoms with Gasteiger partial charge < -0.3 is 10.6 Å². The maximum Gasteiger partial charge on any atom is 0.230 e. The predicted octanol–water partition coefficient (Wildman–Crippen LogP) is 2.87. The third-order valence-electron chi connectivity index (χ3n) is 3.63. The lowest BCUT2D eigenvalue weighted by Crippen LogP contribution is -2.36. The number of rotatable bonds is 6. The van der Waals surface area contributed by atoms with Gasteiger partial charge in [0.05, 0.1) is 5.75 Å². The van der Waals surface area contributed by atoms with Crippen LogP contribution in [0.15, 0.2) is 24.3 Å². The van der Waals surface area contributed by atoms with Gasteiger partial charge in [-0.25, -0.2) is 0 Å². The zero-order valence-corrected chi connectivity index (χ0v) is 14.0. The van der Waals surface area contributed by atoms with E-state index in [-0.39, 0.29) is 11.9 Å². The Kier molecular flexibility index (Phi) is 6.87. The summed E-state index contributed by atoms with van der Waals surface area (Å²) in [5.41, 5.74) is 1.08. The maximum absolute atomic E-state index is 12.0. The van der Waals surface area contributed by atoms with Crippen molar-refractivity contribution < 1.29 is 4.79 Å². The number of amides is 1. The molecule has 1 amide bonds. The Balaban J connectivity index is 1.70. The Morgan fingerprint density at radius 2 is 2.14 bits per heavy atom. The number of nitrogens with one attached hydrogen (secondary N) is 2. The van der Waals surface area contributed by atoms with Crippen molar-refractivity contribution in [2.24, 2.45) is 0 Å². The van der Waals surface area contributed by atoms with Gasteiger partial charge in [-0.15, -0.1) is 11.8 Å². The minimum absolute atomic E-state index is 0.103. The zero-order valence-electron chi connectivity index (χ0n) is 12.4. The lowest BCUT2D eigenvalue weighted by molar-refractivity contribution is -0.119. The van der Waals surface area contributed by atoms with E-state index in [1.54, 1.807) is 11.8 Å². The van der Waals surface area contributed by atoms with Gasteiger partial charge in [0.25, 0.3) is 0 Å². The maximum atomic E-state index is 12.0. The molecule has 2 rings (SSSR count). The topological polar surface area (TPSA) is 41.1 Å². The van der Waals surface area contributed by atoms with Gasteiger partial charge in [0.2, 0.25) is 5.91 Å². The SMILES string of the molecule is CC(Cc1ccccc1Cl)NC(=O)CSC1CCNCC1. The summed E-state index contributed by atoms with van der Waals surface area (Å²) in [6.07, 6.45) is 3.09. The molecule has 1 unspecified atom stereocenters. The second-order valence-electron chi connectivity index (χ2n) is 5.52. The first-order chi connectivity index (χ1) is 10.1. The summed E-state index contributed by atoms with van der Waals surface area (Å²) in [5.74, 6) is 0.676. The summed E-state index contributed by atoms with van der Waals surface area (Å²) in [5, 5.41) is 7.79. The van der Waals surface area contributed by atoms with Gasteiger partial charge >= 0.3 is 0 Å². The number of hydrogen-bond donors (Lipinski definition) is 2. The third kappa shape index (κ3) is 5.89. The summed E-state index contributed by atoms with van der Waals surface area (Å²) in [6.45, 7) is 4.17. The first kappa shape index (κ1) is 16.7. The summed E-state index contributed by atoms with van der Waals surface area (Å²) >= 11 is 7.92. The standard InChI is InChI=1S/C16H23ClN2OS/c1-12(10-13-4-2-3-5-15(13)17)19-16(20)11-21-14-6-8-18-9-7-14/h2-5,12,14,18H,6-11H2,1H3,(H,19,20). The zero-order chi connectivity index (χ0) is 15.1. The molecule has 5 heteroatoms. The molecule has 0 aromatic heterocycles. The van der Waals surface area contributed by atoms with E-state index in [1.807, 2.05) is 31.2 Å². The summed E-state index contributed by atoms with van der Waals surface area (Å²) < 4.78 is 0. The Labute approximate surface area is 136 Å². The molecule has 0 spiro atoms. The number of carbonyl (C=O) groups is 1. The lowest BCUT2D eigenvalue weighted by Gasteiger charge is -2.22. The van der Waals surface area contributed by atoms with Crippen molar-refractivity contribution in [1.82, 2.24) is 10.6 Å². The van der Waals surface area contributed by atoms with E-state index >= 15 is 0 Å². The van der Waals surface area contributed by atoms with Crippen molar-refractivity contribution in [1.29, 1.82) is 0 Å². The van der Waals surface area contributed by atoms with E-state index in [1.165, 1.54) is 0 Å². The van der Waals surface area contributed by atoms with Crippen LogP contribution in [0, 0.1) is 0 Å². The Morgan fingerprint density at radius 1 is 1.43 bits per heavy atom. The second-order valence-corrected chi connectivity index (χ2v) is 7.22. The molecule has 2 N–H and O–H groups in total. The van der Waals surface area contributed by atoms with Gasteiger partial charge in [0.15, 0.2) is 0 Å². The number of halogens is 1. The quantitative estimate of drug-likeness (QED) is 0.844. The normalized spacial score (nSPS) is 17.4. The van der Waals surface area contributed by atoms with Crippen molar-refractivity contribution in [3.05, 3.63) is 34.9 Å². The van der Waals surface area contributed by atoms with Crippen molar-refractivity contribution in [2.45, 2.75) is 37.5 Å². The second kappa shape index (κ2) is 8.66. The molecular formula is C16H23ClN2OS. The minimum Gasteiger partial charge on any atom is -0.353 e. The largest absolute Gasteiger partial charge is 0.353 e. The highest BCUT2D eigenvalue weighted by Gasteiger charge is 2.16. The van der Waals surface area contributed by atoms with Crippen LogP contribution in [0.4, 0.5) is 0 Å². The van der Waals surface area contributed by atoms with E-state index in [2.05, 4.69) is 10.6 Å². The fourth-order valence-electron chi connectivity index (χ4n) is 2.52. The predicted molar refractivity (Wildman–Crippen MR) is 91.1 cm³/mol. The average molecular weight is 327 g/mol. The average Bonchev–Trinajstić information content (AvgIpc) is 2.48. The molecule has 1 aromatic carbocycles. The molecule has 1 aliphatic heterocycles. The van der Waals surface area contributed by atoms with Gasteiger partial charge in [-0.2, -0.15) is 0 Å². The number of hydrogen-bond acceptors (Lipinski definition) is 3. The van der Waals surface area contributed by atoms with Crippen molar-refractivity contribution in [2.75, 3.05) is 18.8 Å². The molecule has 1 atom stereocenters. The van der Waals surface area contributed by atoms with E-state index < -0.39 is 0 Å².